The number of unbranched alkanes of at least 4 members (excludes halogenated alkanes) is 1. The summed E-state index contributed by atoms with van der Waals surface area (Å²) in [5.41, 5.74) is 1.82. The monoisotopic (exact) mass is 388 g/mol. The van der Waals surface area contributed by atoms with Crippen LogP contribution in [0.2, 0.25) is 0 Å². The molecule has 0 aliphatic carbocycles. The van der Waals surface area contributed by atoms with Gasteiger partial charge in [0.25, 0.3) is 10.0 Å². The summed E-state index contributed by atoms with van der Waals surface area (Å²) < 4.78 is 28.3. The summed E-state index contributed by atoms with van der Waals surface area (Å²) >= 11 is 1.53. The molecule has 1 unspecified atom stereocenters. The van der Waals surface area contributed by atoms with Gasteiger partial charge in [-0.3, -0.25) is 0 Å². The van der Waals surface area contributed by atoms with Crippen molar-refractivity contribution < 1.29 is 8.42 Å². The zero-order valence-corrected chi connectivity index (χ0v) is 16.8. The van der Waals surface area contributed by atoms with Crippen LogP contribution in [0.5, 0.6) is 0 Å². The van der Waals surface area contributed by atoms with E-state index in [0.717, 1.165) is 36.3 Å². The molecule has 6 heteroatoms. The normalized spacial score (nSPS) is 19.2. The Balaban J connectivity index is 2.00. The molecule has 138 valence electrons. The fraction of sp³-hybridized carbons (Fsp3) is 0.350. The predicted octanol–water partition coefficient (Wildman–Crippen LogP) is 4.98. The Morgan fingerprint density at radius 3 is 2.46 bits per heavy atom. The molecule has 4 nitrogen and oxygen atoms in total. The van der Waals surface area contributed by atoms with E-state index >= 15 is 0 Å². The van der Waals surface area contributed by atoms with Gasteiger partial charge in [-0.1, -0.05) is 67.4 Å². The molecular weight excluding hydrogens is 364 g/mol. The van der Waals surface area contributed by atoms with E-state index in [4.69, 9.17) is 0 Å². The molecular formula is C20H24N2O2S2. The maximum absolute atomic E-state index is 13.4. The molecule has 1 aliphatic heterocycles. The van der Waals surface area contributed by atoms with E-state index in [1.165, 1.54) is 11.8 Å². The van der Waals surface area contributed by atoms with Gasteiger partial charge in [-0.05, 0) is 37.6 Å². The largest absolute Gasteiger partial charge is 0.266 e. The first-order valence-corrected chi connectivity index (χ1v) is 11.3. The van der Waals surface area contributed by atoms with Gasteiger partial charge >= 0.3 is 0 Å². The van der Waals surface area contributed by atoms with E-state index in [0.29, 0.717) is 10.1 Å². The zero-order valence-electron chi connectivity index (χ0n) is 15.1. The third-order valence-electron chi connectivity index (χ3n) is 4.37. The first kappa shape index (κ1) is 19.0. The molecule has 1 heterocycles. The molecule has 26 heavy (non-hydrogen) atoms. The SMILES string of the molecule is CCCCC1CSC(=Nc2ccccc2)N1S(=O)(=O)c1ccc(C)cc1. The van der Waals surface area contributed by atoms with Crippen molar-refractivity contribution in [2.24, 2.45) is 4.99 Å². The van der Waals surface area contributed by atoms with Crippen LogP contribution in [0.3, 0.4) is 0 Å². The van der Waals surface area contributed by atoms with E-state index in [1.54, 1.807) is 16.4 Å². The molecule has 2 aromatic carbocycles. The minimum Gasteiger partial charge on any atom is -0.240 e. The summed E-state index contributed by atoms with van der Waals surface area (Å²) in [6, 6.07) is 16.5. The van der Waals surface area contributed by atoms with Crippen molar-refractivity contribution in [3.8, 4) is 0 Å². The number of para-hydroxylation sites is 1. The molecule has 2 aromatic rings. The fourth-order valence-corrected chi connectivity index (χ4v) is 6.09. The highest BCUT2D eigenvalue weighted by atomic mass is 32.2. The number of benzene rings is 2. The highest BCUT2D eigenvalue weighted by Crippen LogP contribution is 2.34. The summed E-state index contributed by atoms with van der Waals surface area (Å²) in [6.07, 6.45) is 2.90. The average Bonchev–Trinajstić information content (AvgIpc) is 3.04. The van der Waals surface area contributed by atoms with Crippen LogP contribution in [0.1, 0.15) is 31.7 Å². The lowest BCUT2D eigenvalue weighted by molar-refractivity contribution is 0.435. The quantitative estimate of drug-likeness (QED) is 0.701. The van der Waals surface area contributed by atoms with Gasteiger partial charge in [-0.25, -0.2) is 17.7 Å². The molecule has 0 amide bonds. The van der Waals surface area contributed by atoms with Crippen molar-refractivity contribution in [3.63, 3.8) is 0 Å². The molecule has 3 rings (SSSR count). The molecule has 0 radical (unpaired) electrons. The van der Waals surface area contributed by atoms with Crippen LogP contribution in [0.25, 0.3) is 0 Å². The second-order valence-electron chi connectivity index (χ2n) is 6.45. The number of rotatable bonds is 6. The summed E-state index contributed by atoms with van der Waals surface area (Å²) in [4.78, 5) is 4.96. The molecule has 1 saturated heterocycles. The fourth-order valence-electron chi connectivity index (χ4n) is 2.92. The maximum Gasteiger partial charge on any atom is 0.266 e. The third-order valence-corrected chi connectivity index (χ3v) is 7.44. The summed E-state index contributed by atoms with van der Waals surface area (Å²) in [6.45, 7) is 4.08. The minimum absolute atomic E-state index is 0.0475. The van der Waals surface area contributed by atoms with Crippen LogP contribution in [0, 0.1) is 6.92 Å². The second-order valence-corrected chi connectivity index (χ2v) is 9.25. The van der Waals surface area contributed by atoms with Crippen LogP contribution >= 0.6 is 11.8 Å². The van der Waals surface area contributed by atoms with E-state index in [2.05, 4.69) is 11.9 Å². The molecule has 0 N–H and O–H groups in total. The Labute approximate surface area is 160 Å². The lowest BCUT2D eigenvalue weighted by Crippen LogP contribution is -2.39. The number of hydrogen-bond acceptors (Lipinski definition) is 4. The summed E-state index contributed by atoms with van der Waals surface area (Å²) in [7, 11) is -3.62. The van der Waals surface area contributed by atoms with Gasteiger partial charge in [-0.15, -0.1) is 0 Å². The molecule has 0 aromatic heterocycles. The number of aliphatic imine (C=N–C) groups is 1. The van der Waals surface area contributed by atoms with Crippen molar-refractivity contribution in [1.29, 1.82) is 0 Å². The number of nitrogens with zero attached hydrogens (tertiary/aromatic N) is 2. The van der Waals surface area contributed by atoms with E-state index in [1.807, 2.05) is 49.4 Å². The van der Waals surface area contributed by atoms with Gasteiger partial charge in [0.15, 0.2) is 5.17 Å². The average molecular weight is 389 g/mol. The van der Waals surface area contributed by atoms with Crippen LogP contribution in [0.15, 0.2) is 64.5 Å². The molecule has 0 bridgehead atoms. The molecule has 1 aliphatic rings. The molecule has 0 spiro atoms. The van der Waals surface area contributed by atoms with Gasteiger partial charge in [0.2, 0.25) is 0 Å². The maximum atomic E-state index is 13.4. The first-order valence-electron chi connectivity index (χ1n) is 8.90. The van der Waals surface area contributed by atoms with Gasteiger partial charge in [0.1, 0.15) is 0 Å². The molecule has 0 saturated carbocycles. The van der Waals surface area contributed by atoms with Crippen LogP contribution in [-0.4, -0.2) is 29.7 Å². The van der Waals surface area contributed by atoms with Crippen LogP contribution in [-0.2, 0) is 10.0 Å². The second kappa shape index (κ2) is 8.27. The summed E-state index contributed by atoms with van der Waals surface area (Å²) in [5, 5.41) is 0.567. The lowest BCUT2D eigenvalue weighted by Gasteiger charge is -2.25. The first-order chi connectivity index (χ1) is 12.5. The Morgan fingerprint density at radius 2 is 1.81 bits per heavy atom. The van der Waals surface area contributed by atoms with Crippen LogP contribution < -0.4 is 0 Å². The Bertz CT molecular complexity index is 862. The Morgan fingerprint density at radius 1 is 1.12 bits per heavy atom. The smallest absolute Gasteiger partial charge is 0.240 e. The highest BCUT2D eigenvalue weighted by Gasteiger charge is 2.39. The van der Waals surface area contributed by atoms with Crippen molar-refractivity contribution in [3.05, 3.63) is 60.2 Å². The van der Waals surface area contributed by atoms with Crippen LogP contribution in [0.4, 0.5) is 5.69 Å². The topological polar surface area (TPSA) is 49.7 Å². The standard InChI is InChI=1S/C20H24N2O2S2/c1-3-4-10-18-15-25-20(21-17-8-6-5-7-9-17)22(18)26(23,24)19-13-11-16(2)12-14-19/h5-9,11-14,18H,3-4,10,15H2,1-2H3. The van der Waals surface area contributed by atoms with Gasteiger partial charge in [-0.2, -0.15) is 0 Å². The van der Waals surface area contributed by atoms with Crippen molar-refractivity contribution in [1.82, 2.24) is 4.31 Å². The van der Waals surface area contributed by atoms with E-state index < -0.39 is 10.0 Å². The van der Waals surface area contributed by atoms with Gasteiger partial charge in [0, 0.05) is 5.75 Å². The Kier molecular flexibility index (Phi) is 6.04. The zero-order chi connectivity index (χ0) is 18.6. The van der Waals surface area contributed by atoms with Gasteiger partial charge in [0.05, 0.1) is 16.6 Å². The summed E-state index contributed by atoms with van der Waals surface area (Å²) in [5.74, 6) is 0.747. The van der Waals surface area contributed by atoms with Crippen molar-refractivity contribution >= 4 is 32.6 Å². The Hall–Kier alpha value is -1.79. The highest BCUT2D eigenvalue weighted by molar-refractivity contribution is 8.15. The number of hydrogen-bond donors (Lipinski definition) is 0. The molecule has 1 atom stereocenters. The minimum atomic E-state index is -3.62. The van der Waals surface area contributed by atoms with Crippen molar-refractivity contribution in [2.75, 3.05) is 5.75 Å². The number of amidine groups is 1. The van der Waals surface area contributed by atoms with Gasteiger partial charge < -0.3 is 0 Å². The van der Waals surface area contributed by atoms with E-state index in [9.17, 15) is 8.42 Å². The predicted molar refractivity (Wildman–Crippen MR) is 110 cm³/mol. The number of sulfonamides is 1. The lowest BCUT2D eigenvalue weighted by atomic mass is 10.1. The molecule has 1 fully saturated rings. The number of thioether (sulfide) groups is 1. The van der Waals surface area contributed by atoms with Crippen molar-refractivity contribution in [2.45, 2.75) is 44.0 Å². The number of aryl methyl sites for hydroxylation is 1. The van der Waals surface area contributed by atoms with E-state index in [-0.39, 0.29) is 6.04 Å². The third kappa shape index (κ3) is 4.13.